The fraction of sp³-hybridized carbons (Fsp3) is 0.625. The molecule has 1 heterocycles. The predicted octanol–water partition coefficient (Wildman–Crippen LogP) is 3.36. The molecule has 0 bridgehead atoms. The van der Waals surface area contributed by atoms with E-state index in [1.54, 1.807) is 0 Å². The molecule has 1 aromatic rings. The first-order valence-electron chi connectivity index (χ1n) is 4.25. The minimum Gasteiger partial charge on any atom is -0.253 e. The van der Waals surface area contributed by atoms with Crippen LogP contribution >= 0.6 is 11.6 Å². The molecule has 14 heavy (non-hydrogen) atoms. The molecule has 0 atom stereocenters. The van der Waals surface area contributed by atoms with E-state index in [-0.39, 0.29) is 5.15 Å². The van der Waals surface area contributed by atoms with Gasteiger partial charge in [-0.1, -0.05) is 24.9 Å². The molecule has 0 spiro atoms. The minimum absolute atomic E-state index is 0.0331. The van der Waals surface area contributed by atoms with Crippen molar-refractivity contribution >= 4 is 11.6 Å². The molecule has 1 rings (SSSR count). The maximum atomic E-state index is 12.2. The number of unbranched alkanes of at least 4 members (excludes halogenated alkanes) is 1. The molecule has 0 radical (unpaired) electrons. The van der Waals surface area contributed by atoms with Gasteiger partial charge in [0.05, 0.1) is 0 Å². The van der Waals surface area contributed by atoms with E-state index in [1.165, 1.54) is 4.68 Å². The van der Waals surface area contributed by atoms with Crippen LogP contribution in [-0.2, 0) is 12.7 Å². The first-order chi connectivity index (χ1) is 6.45. The van der Waals surface area contributed by atoms with Gasteiger partial charge in [-0.3, -0.25) is 4.68 Å². The molecule has 0 aromatic carbocycles. The van der Waals surface area contributed by atoms with E-state index in [0.29, 0.717) is 6.54 Å². The van der Waals surface area contributed by atoms with Crippen LogP contribution in [0, 0.1) is 0 Å². The SMILES string of the molecule is CCCCn1nc(C(F)(F)F)cc1Cl. The summed E-state index contributed by atoms with van der Waals surface area (Å²) in [5.41, 5.74) is -0.932. The molecule has 2 nitrogen and oxygen atoms in total. The Morgan fingerprint density at radius 2 is 2.14 bits per heavy atom. The third kappa shape index (κ3) is 2.64. The van der Waals surface area contributed by atoms with Crippen LogP contribution in [0.1, 0.15) is 25.5 Å². The summed E-state index contributed by atoms with van der Waals surface area (Å²) < 4.78 is 37.7. The Morgan fingerprint density at radius 3 is 2.57 bits per heavy atom. The third-order valence-electron chi connectivity index (χ3n) is 1.74. The lowest BCUT2D eigenvalue weighted by atomic mass is 10.3. The fourth-order valence-electron chi connectivity index (χ4n) is 0.997. The number of aryl methyl sites for hydroxylation is 1. The lowest BCUT2D eigenvalue weighted by Crippen LogP contribution is -2.08. The highest BCUT2D eigenvalue weighted by Crippen LogP contribution is 2.29. The second-order valence-corrected chi connectivity index (χ2v) is 3.31. The molecule has 0 unspecified atom stereocenters. The summed E-state index contributed by atoms with van der Waals surface area (Å²) in [6, 6.07) is 0.844. The summed E-state index contributed by atoms with van der Waals surface area (Å²) in [4.78, 5) is 0. The molecule has 0 amide bonds. The summed E-state index contributed by atoms with van der Waals surface area (Å²) in [7, 11) is 0. The lowest BCUT2D eigenvalue weighted by molar-refractivity contribution is -0.141. The van der Waals surface area contributed by atoms with Gasteiger partial charge in [0.15, 0.2) is 5.69 Å². The van der Waals surface area contributed by atoms with Gasteiger partial charge in [-0.2, -0.15) is 18.3 Å². The van der Waals surface area contributed by atoms with Gasteiger partial charge in [-0.15, -0.1) is 0 Å². The Morgan fingerprint density at radius 1 is 1.50 bits per heavy atom. The predicted molar refractivity (Wildman–Crippen MR) is 47.1 cm³/mol. The molecule has 0 aliphatic heterocycles. The van der Waals surface area contributed by atoms with Crippen molar-refractivity contribution < 1.29 is 13.2 Å². The number of halogens is 4. The van der Waals surface area contributed by atoms with Crippen molar-refractivity contribution in [1.82, 2.24) is 9.78 Å². The highest BCUT2D eigenvalue weighted by molar-refractivity contribution is 6.29. The number of hydrogen-bond acceptors (Lipinski definition) is 1. The maximum Gasteiger partial charge on any atom is 0.435 e. The van der Waals surface area contributed by atoms with E-state index in [4.69, 9.17) is 11.6 Å². The van der Waals surface area contributed by atoms with E-state index in [2.05, 4.69) is 5.10 Å². The zero-order valence-corrected chi connectivity index (χ0v) is 8.36. The van der Waals surface area contributed by atoms with E-state index < -0.39 is 11.9 Å². The van der Waals surface area contributed by atoms with Crippen LogP contribution in [0.2, 0.25) is 5.15 Å². The quantitative estimate of drug-likeness (QED) is 0.773. The van der Waals surface area contributed by atoms with Crippen LogP contribution < -0.4 is 0 Å². The average Bonchev–Trinajstić information content (AvgIpc) is 2.43. The van der Waals surface area contributed by atoms with Crippen molar-refractivity contribution in [3.8, 4) is 0 Å². The number of nitrogens with zero attached hydrogens (tertiary/aromatic N) is 2. The van der Waals surface area contributed by atoms with Gasteiger partial charge in [-0.05, 0) is 6.42 Å². The molecule has 1 aromatic heterocycles. The second-order valence-electron chi connectivity index (χ2n) is 2.93. The molecule has 0 aliphatic rings. The number of hydrogen-bond donors (Lipinski definition) is 0. The van der Waals surface area contributed by atoms with Crippen molar-refractivity contribution in [3.05, 3.63) is 16.9 Å². The molecular formula is C8H10ClF3N2. The van der Waals surface area contributed by atoms with E-state index >= 15 is 0 Å². The monoisotopic (exact) mass is 226 g/mol. The Labute approximate surface area is 84.7 Å². The third-order valence-corrected chi connectivity index (χ3v) is 2.05. The van der Waals surface area contributed by atoms with Crippen molar-refractivity contribution in [2.75, 3.05) is 0 Å². The largest absolute Gasteiger partial charge is 0.435 e. The minimum atomic E-state index is -4.42. The maximum absolute atomic E-state index is 12.2. The molecule has 0 saturated heterocycles. The molecule has 6 heteroatoms. The van der Waals surface area contributed by atoms with Gasteiger partial charge in [0.1, 0.15) is 5.15 Å². The van der Waals surface area contributed by atoms with Crippen LogP contribution in [0.15, 0.2) is 6.07 Å². The van der Waals surface area contributed by atoms with Gasteiger partial charge in [0.25, 0.3) is 0 Å². The zero-order chi connectivity index (χ0) is 10.8. The van der Waals surface area contributed by atoms with Crippen molar-refractivity contribution in [2.45, 2.75) is 32.5 Å². The Balaban J connectivity index is 2.82. The standard InChI is InChI=1S/C8H10ClF3N2/c1-2-3-4-14-7(9)5-6(13-14)8(10,11)12/h5H,2-4H2,1H3. The Bertz CT molecular complexity index is 306. The lowest BCUT2D eigenvalue weighted by Gasteiger charge is -2.02. The van der Waals surface area contributed by atoms with Crippen LogP contribution in [0.25, 0.3) is 0 Å². The molecular weight excluding hydrogens is 217 g/mol. The van der Waals surface area contributed by atoms with Crippen LogP contribution in [-0.4, -0.2) is 9.78 Å². The van der Waals surface area contributed by atoms with E-state index in [0.717, 1.165) is 18.9 Å². The van der Waals surface area contributed by atoms with Crippen LogP contribution in [0.4, 0.5) is 13.2 Å². The summed E-state index contributed by atoms with van der Waals surface area (Å²) >= 11 is 5.59. The molecule has 0 N–H and O–H groups in total. The highest BCUT2D eigenvalue weighted by Gasteiger charge is 2.34. The fourth-order valence-corrected chi connectivity index (χ4v) is 1.22. The normalized spacial score (nSPS) is 12.1. The van der Waals surface area contributed by atoms with E-state index in [1.807, 2.05) is 6.92 Å². The van der Waals surface area contributed by atoms with Crippen LogP contribution in [0.3, 0.4) is 0 Å². The first-order valence-corrected chi connectivity index (χ1v) is 4.63. The van der Waals surface area contributed by atoms with E-state index in [9.17, 15) is 13.2 Å². The summed E-state index contributed by atoms with van der Waals surface area (Å²) in [6.07, 6.45) is -2.77. The average molecular weight is 227 g/mol. The van der Waals surface area contributed by atoms with Crippen molar-refractivity contribution in [3.63, 3.8) is 0 Å². The molecule has 80 valence electrons. The Kier molecular flexibility index (Phi) is 3.42. The van der Waals surface area contributed by atoms with Gasteiger partial charge in [-0.25, -0.2) is 0 Å². The smallest absolute Gasteiger partial charge is 0.253 e. The zero-order valence-electron chi connectivity index (χ0n) is 7.60. The van der Waals surface area contributed by atoms with Crippen LogP contribution in [0.5, 0.6) is 0 Å². The van der Waals surface area contributed by atoms with Gasteiger partial charge >= 0.3 is 6.18 Å². The highest BCUT2D eigenvalue weighted by atomic mass is 35.5. The Hall–Kier alpha value is -0.710. The van der Waals surface area contributed by atoms with Crippen molar-refractivity contribution in [1.29, 1.82) is 0 Å². The van der Waals surface area contributed by atoms with Gasteiger partial charge < -0.3 is 0 Å². The molecule has 0 aliphatic carbocycles. The molecule has 0 fully saturated rings. The van der Waals surface area contributed by atoms with Crippen molar-refractivity contribution in [2.24, 2.45) is 0 Å². The number of aromatic nitrogens is 2. The first kappa shape index (κ1) is 11.4. The summed E-state index contributed by atoms with van der Waals surface area (Å²) in [6.45, 7) is 2.37. The number of rotatable bonds is 3. The topological polar surface area (TPSA) is 17.8 Å². The summed E-state index contributed by atoms with van der Waals surface area (Å²) in [5, 5.41) is 3.41. The van der Waals surface area contributed by atoms with Gasteiger partial charge in [0.2, 0.25) is 0 Å². The summed E-state index contributed by atoms with van der Waals surface area (Å²) in [5.74, 6) is 0. The second kappa shape index (κ2) is 4.21. The van der Waals surface area contributed by atoms with Gasteiger partial charge in [0, 0.05) is 12.6 Å². The number of alkyl halides is 3. The molecule has 0 saturated carbocycles.